The lowest BCUT2D eigenvalue weighted by Gasteiger charge is -2.17. The summed E-state index contributed by atoms with van der Waals surface area (Å²) < 4.78 is 5.78. The molecule has 0 aliphatic heterocycles. The highest BCUT2D eigenvalue weighted by Gasteiger charge is 2.07. The second kappa shape index (κ2) is 6.25. The van der Waals surface area contributed by atoms with E-state index in [2.05, 4.69) is 10.0 Å². The van der Waals surface area contributed by atoms with Crippen LogP contribution in [-0.2, 0) is 6.54 Å². The fraction of sp³-hybridized carbons (Fsp3) is 0.462. The largest absolute Gasteiger partial charge is 0.491 e. The van der Waals surface area contributed by atoms with Gasteiger partial charge in [-0.15, -0.1) is 0 Å². The Kier molecular flexibility index (Phi) is 4.97. The number of nitrogens with zero attached hydrogens (tertiary/aromatic N) is 2. The normalized spacial score (nSPS) is 11.6. The van der Waals surface area contributed by atoms with Crippen LogP contribution in [0.15, 0.2) is 23.3 Å². The predicted molar refractivity (Wildman–Crippen MR) is 71.4 cm³/mol. The predicted octanol–water partition coefficient (Wildman–Crippen LogP) is 1.83. The van der Waals surface area contributed by atoms with Gasteiger partial charge in [0.2, 0.25) is 0 Å². The van der Waals surface area contributed by atoms with Gasteiger partial charge in [0.25, 0.3) is 0 Å². The molecule has 0 heterocycles. The molecule has 2 N–H and O–H groups in total. The summed E-state index contributed by atoms with van der Waals surface area (Å²) in [6.45, 7) is 4.87. The van der Waals surface area contributed by atoms with Crippen LogP contribution in [0.3, 0.4) is 0 Å². The Morgan fingerprint density at radius 2 is 2.12 bits per heavy atom. The quantitative estimate of drug-likeness (QED) is 0.481. The van der Waals surface area contributed by atoms with Crippen LogP contribution in [0, 0.1) is 0 Å². The van der Waals surface area contributed by atoms with Crippen molar-refractivity contribution < 1.29 is 4.74 Å². The minimum Gasteiger partial charge on any atom is -0.491 e. The van der Waals surface area contributed by atoms with Crippen LogP contribution in [0.25, 0.3) is 0 Å². The minimum atomic E-state index is 0.171. The van der Waals surface area contributed by atoms with Crippen LogP contribution in [-0.4, -0.2) is 31.3 Å². The van der Waals surface area contributed by atoms with Crippen molar-refractivity contribution in [2.75, 3.05) is 14.1 Å². The molecule has 0 saturated heterocycles. The molecule has 0 fully saturated rings. The molecule has 0 aliphatic rings. The molecule has 0 unspecified atom stereocenters. The first kappa shape index (κ1) is 13.5. The summed E-state index contributed by atoms with van der Waals surface area (Å²) in [5.74, 6) is 6.08. The van der Waals surface area contributed by atoms with E-state index in [0.717, 1.165) is 23.4 Å². The number of benzene rings is 1. The molecule has 1 aromatic carbocycles. The van der Waals surface area contributed by atoms with Gasteiger partial charge in [0.05, 0.1) is 12.3 Å². The molecule has 0 aromatic heterocycles. The Bertz CT molecular complexity index is 386. The highest BCUT2D eigenvalue weighted by atomic mass is 16.5. The molecule has 1 rings (SSSR count). The fourth-order valence-corrected chi connectivity index (χ4v) is 1.60. The summed E-state index contributed by atoms with van der Waals surface area (Å²) >= 11 is 0. The molecule has 94 valence electrons. The number of ether oxygens (including phenoxy) is 1. The number of hydrogen-bond acceptors (Lipinski definition) is 4. The fourth-order valence-electron chi connectivity index (χ4n) is 1.60. The van der Waals surface area contributed by atoms with Gasteiger partial charge in [-0.1, -0.05) is 0 Å². The summed E-state index contributed by atoms with van der Waals surface area (Å²) in [4.78, 5) is 2.10. The molecule has 0 spiro atoms. The van der Waals surface area contributed by atoms with Crippen molar-refractivity contribution in [3.05, 3.63) is 29.3 Å². The van der Waals surface area contributed by atoms with Crippen molar-refractivity contribution in [1.82, 2.24) is 4.90 Å². The molecule has 4 nitrogen and oxygen atoms in total. The highest BCUT2D eigenvalue weighted by molar-refractivity contribution is 5.80. The number of hydrogen-bond donors (Lipinski definition) is 1. The Hall–Kier alpha value is -1.55. The van der Waals surface area contributed by atoms with E-state index in [9.17, 15) is 0 Å². The summed E-state index contributed by atoms with van der Waals surface area (Å²) in [5, 5.41) is 3.54. The van der Waals surface area contributed by atoms with Crippen LogP contribution in [0.5, 0.6) is 5.75 Å². The van der Waals surface area contributed by atoms with Gasteiger partial charge < -0.3 is 15.5 Å². The van der Waals surface area contributed by atoms with E-state index in [0.29, 0.717) is 0 Å². The van der Waals surface area contributed by atoms with Crippen LogP contribution < -0.4 is 10.6 Å². The summed E-state index contributed by atoms with van der Waals surface area (Å²) in [7, 11) is 4.06. The van der Waals surface area contributed by atoms with Gasteiger partial charge >= 0.3 is 0 Å². The first-order chi connectivity index (χ1) is 8.02. The zero-order valence-corrected chi connectivity index (χ0v) is 11.0. The van der Waals surface area contributed by atoms with Crippen molar-refractivity contribution in [2.45, 2.75) is 26.5 Å². The Morgan fingerprint density at radius 3 is 2.65 bits per heavy atom. The van der Waals surface area contributed by atoms with E-state index in [4.69, 9.17) is 10.6 Å². The molecule has 0 radical (unpaired) electrons. The molecule has 0 amide bonds. The van der Waals surface area contributed by atoms with E-state index in [1.807, 2.05) is 46.1 Å². The lowest BCUT2D eigenvalue weighted by Crippen LogP contribution is -2.14. The third-order valence-corrected chi connectivity index (χ3v) is 2.16. The maximum absolute atomic E-state index is 5.78. The average Bonchev–Trinajstić information content (AvgIpc) is 2.21. The number of nitrogens with two attached hydrogens (primary N) is 1. The molecular formula is C13H21N3O. The van der Waals surface area contributed by atoms with E-state index < -0.39 is 0 Å². The van der Waals surface area contributed by atoms with Crippen molar-refractivity contribution >= 4 is 6.21 Å². The van der Waals surface area contributed by atoms with Crippen LogP contribution in [0.4, 0.5) is 0 Å². The first-order valence-corrected chi connectivity index (χ1v) is 5.70. The van der Waals surface area contributed by atoms with E-state index >= 15 is 0 Å². The van der Waals surface area contributed by atoms with E-state index in [1.54, 1.807) is 6.21 Å². The summed E-state index contributed by atoms with van der Waals surface area (Å²) in [6, 6.07) is 5.97. The van der Waals surface area contributed by atoms with Gasteiger partial charge in [-0.3, -0.25) is 0 Å². The third-order valence-electron chi connectivity index (χ3n) is 2.16. The molecule has 0 aliphatic carbocycles. The van der Waals surface area contributed by atoms with Crippen molar-refractivity contribution in [3.63, 3.8) is 0 Å². The third kappa shape index (κ3) is 4.44. The first-order valence-electron chi connectivity index (χ1n) is 5.70. The van der Waals surface area contributed by atoms with Crippen molar-refractivity contribution in [3.8, 4) is 5.75 Å². The zero-order chi connectivity index (χ0) is 12.8. The maximum atomic E-state index is 5.78. The lowest BCUT2D eigenvalue weighted by molar-refractivity contribution is 0.236. The smallest absolute Gasteiger partial charge is 0.124 e. The SMILES string of the molecule is CC(C)Oc1ccc(C=NN)cc1CN(C)C. The topological polar surface area (TPSA) is 50.9 Å². The van der Waals surface area contributed by atoms with Crippen molar-refractivity contribution in [1.29, 1.82) is 0 Å². The van der Waals surface area contributed by atoms with Gasteiger partial charge in [-0.2, -0.15) is 5.10 Å². The molecular weight excluding hydrogens is 214 g/mol. The van der Waals surface area contributed by atoms with Gasteiger partial charge in [0.15, 0.2) is 0 Å². The molecule has 0 atom stereocenters. The summed E-state index contributed by atoms with van der Waals surface area (Å²) in [6.07, 6.45) is 1.81. The zero-order valence-electron chi connectivity index (χ0n) is 11.0. The molecule has 1 aromatic rings. The van der Waals surface area contributed by atoms with Crippen LogP contribution in [0.1, 0.15) is 25.0 Å². The monoisotopic (exact) mass is 235 g/mol. The maximum Gasteiger partial charge on any atom is 0.124 e. The lowest BCUT2D eigenvalue weighted by atomic mass is 10.1. The Balaban J connectivity index is 3.02. The summed E-state index contributed by atoms with van der Waals surface area (Å²) in [5.41, 5.74) is 2.13. The standard InChI is InChI=1S/C13H21N3O/c1-10(2)17-13-6-5-11(8-15-14)7-12(13)9-16(3)4/h5-8,10H,9,14H2,1-4H3. The molecule has 17 heavy (non-hydrogen) atoms. The van der Waals surface area contributed by atoms with Crippen LogP contribution in [0.2, 0.25) is 0 Å². The van der Waals surface area contributed by atoms with Crippen molar-refractivity contribution in [2.24, 2.45) is 10.9 Å². The average molecular weight is 235 g/mol. The Morgan fingerprint density at radius 1 is 1.41 bits per heavy atom. The second-order valence-electron chi connectivity index (χ2n) is 4.55. The number of rotatable bonds is 5. The minimum absolute atomic E-state index is 0.171. The molecule has 4 heteroatoms. The second-order valence-corrected chi connectivity index (χ2v) is 4.55. The number of hydrazone groups is 1. The Labute approximate surface area is 103 Å². The van der Waals surface area contributed by atoms with Gasteiger partial charge in [-0.05, 0) is 51.7 Å². The molecule has 0 saturated carbocycles. The highest BCUT2D eigenvalue weighted by Crippen LogP contribution is 2.22. The van der Waals surface area contributed by atoms with E-state index in [-0.39, 0.29) is 6.10 Å². The van der Waals surface area contributed by atoms with Gasteiger partial charge in [-0.25, -0.2) is 0 Å². The van der Waals surface area contributed by atoms with E-state index in [1.165, 1.54) is 0 Å². The van der Waals surface area contributed by atoms with Crippen LogP contribution >= 0.6 is 0 Å². The van der Waals surface area contributed by atoms with Gasteiger partial charge in [0.1, 0.15) is 5.75 Å². The molecule has 0 bridgehead atoms. The van der Waals surface area contributed by atoms with Gasteiger partial charge in [0, 0.05) is 12.1 Å².